The Kier molecular flexibility index (Phi) is 6.15. The highest BCUT2D eigenvalue weighted by molar-refractivity contribution is 5.76. The van der Waals surface area contributed by atoms with Gasteiger partial charge in [0.05, 0.1) is 18.3 Å². The molecule has 0 saturated carbocycles. The number of piperazine rings is 1. The minimum Gasteiger partial charge on any atom is -0.394 e. The van der Waals surface area contributed by atoms with Crippen LogP contribution in [0, 0.1) is 0 Å². The van der Waals surface area contributed by atoms with Crippen LogP contribution in [0.2, 0.25) is 0 Å². The second-order valence-corrected chi connectivity index (χ2v) is 5.50. The van der Waals surface area contributed by atoms with E-state index in [1.54, 1.807) is 6.92 Å². The van der Waals surface area contributed by atoms with E-state index in [2.05, 4.69) is 27.0 Å². The maximum Gasteiger partial charge on any atom is 0.220 e. The van der Waals surface area contributed by atoms with Gasteiger partial charge in [-0.2, -0.15) is 0 Å². The molecule has 1 aliphatic heterocycles. The average Bonchev–Trinajstić information content (AvgIpc) is 2.59. The number of carbonyl (C=O) groups is 1. The first kappa shape index (κ1) is 16.7. The van der Waals surface area contributed by atoms with Crippen LogP contribution in [0.4, 0.5) is 5.82 Å². The van der Waals surface area contributed by atoms with Gasteiger partial charge in [-0.15, -0.1) is 0 Å². The third kappa shape index (κ3) is 4.18. The highest BCUT2D eigenvalue weighted by Gasteiger charge is 2.19. The zero-order valence-corrected chi connectivity index (χ0v) is 13.5. The summed E-state index contributed by atoms with van der Waals surface area (Å²) in [5.41, 5.74) is 0.708. The summed E-state index contributed by atoms with van der Waals surface area (Å²) in [5.74, 6) is 0.834. The van der Waals surface area contributed by atoms with Gasteiger partial charge in [-0.25, -0.2) is 4.98 Å². The lowest BCUT2D eigenvalue weighted by Gasteiger charge is -2.35. The Morgan fingerprint density at radius 2 is 2.05 bits per heavy atom. The van der Waals surface area contributed by atoms with Crippen LogP contribution >= 0.6 is 0 Å². The predicted octanol–water partition coefficient (Wildman–Crippen LogP) is 0.783. The van der Waals surface area contributed by atoms with E-state index in [4.69, 9.17) is 0 Å². The lowest BCUT2D eigenvalue weighted by atomic mass is 10.2. The molecule has 1 aromatic rings. The van der Waals surface area contributed by atoms with Gasteiger partial charge in [0.25, 0.3) is 0 Å². The molecule has 2 N–H and O–H groups in total. The second-order valence-electron chi connectivity index (χ2n) is 5.50. The number of aliphatic hydroxyl groups is 1. The molecule has 1 aromatic heterocycles. The van der Waals surface area contributed by atoms with Gasteiger partial charge in [-0.3, -0.25) is 4.79 Å². The van der Waals surface area contributed by atoms with Crippen LogP contribution < -0.4 is 10.2 Å². The van der Waals surface area contributed by atoms with E-state index in [0.29, 0.717) is 12.1 Å². The number of aliphatic hydroxyl groups excluding tert-OH is 1. The zero-order chi connectivity index (χ0) is 15.9. The second kappa shape index (κ2) is 8.10. The maximum absolute atomic E-state index is 11.5. The van der Waals surface area contributed by atoms with Crippen LogP contribution in [0.15, 0.2) is 18.2 Å². The fourth-order valence-electron chi connectivity index (χ4n) is 2.61. The van der Waals surface area contributed by atoms with Crippen molar-refractivity contribution >= 4 is 11.7 Å². The Hall–Kier alpha value is -1.66. The molecule has 0 bridgehead atoms. The van der Waals surface area contributed by atoms with Crippen molar-refractivity contribution in [1.82, 2.24) is 15.2 Å². The first-order valence-electron chi connectivity index (χ1n) is 8.02. The summed E-state index contributed by atoms with van der Waals surface area (Å²) in [4.78, 5) is 20.9. The minimum atomic E-state index is -0.440. The Bertz CT molecular complexity index is 487. The van der Waals surface area contributed by atoms with Gasteiger partial charge in [0.15, 0.2) is 0 Å². The quantitative estimate of drug-likeness (QED) is 0.813. The molecule has 1 saturated heterocycles. The van der Waals surface area contributed by atoms with E-state index < -0.39 is 6.04 Å². The molecule has 0 unspecified atom stereocenters. The molecule has 122 valence electrons. The molecule has 2 rings (SSSR count). The van der Waals surface area contributed by atoms with Gasteiger partial charge in [0.1, 0.15) is 5.82 Å². The molecular formula is C16H26N4O2. The van der Waals surface area contributed by atoms with Gasteiger partial charge in [0, 0.05) is 32.6 Å². The first-order chi connectivity index (χ1) is 10.7. The molecule has 1 amide bonds. The van der Waals surface area contributed by atoms with E-state index in [9.17, 15) is 9.90 Å². The summed E-state index contributed by atoms with van der Waals surface area (Å²) >= 11 is 0. The van der Waals surface area contributed by atoms with Crippen LogP contribution in [-0.4, -0.2) is 60.2 Å². The fourth-order valence-corrected chi connectivity index (χ4v) is 2.61. The van der Waals surface area contributed by atoms with Crippen LogP contribution in [0.3, 0.4) is 0 Å². The molecule has 0 aliphatic carbocycles. The van der Waals surface area contributed by atoms with Crippen LogP contribution in [0.5, 0.6) is 0 Å². The molecule has 0 radical (unpaired) electrons. The van der Waals surface area contributed by atoms with Gasteiger partial charge < -0.3 is 20.2 Å². The molecule has 6 heteroatoms. The minimum absolute atomic E-state index is 0.0807. The lowest BCUT2D eigenvalue weighted by molar-refractivity contribution is -0.121. The lowest BCUT2D eigenvalue weighted by Crippen LogP contribution is -2.46. The average molecular weight is 306 g/mol. The van der Waals surface area contributed by atoms with E-state index in [1.165, 1.54) is 0 Å². The largest absolute Gasteiger partial charge is 0.394 e. The van der Waals surface area contributed by atoms with Crippen molar-refractivity contribution in [2.24, 2.45) is 0 Å². The Balaban J connectivity index is 2.07. The number of nitrogens with zero attached hydrogens (tertiary/aromatic N) is 3. The van der Waals surface area contributed by atoms with Crippen LogP contribution in [0.25, 0.3) is 0 Å². The van der Waals surface area contributed by atoms with Gasteiger partial charge in [0.2, 0.25) is 5.91 Å². The van der Waals surface area contributed by atoms with Gasteiger partial charge in [-0.05, 0) is 18.7 Å². The first-order valence-corrected chi connectivity index (χ1v) is 8.02. The number of pyridine rings is 1. The van der Waals surface area contributed by atoms with Crippen LogP contribution in [0.1, 0.15) is 32.0 Å². The van der Waals surface area contributed by atoms with Crippen molar-refractivity contribution in [1.29, 1.82) is 0 Å². The van der Waals surface area contributed by atoms with Crippen molar-refractivity contribution < 1.29 is 9.90 Å². The molecule has 1 atom stereocenters. The van der Waals surface area contributed by atoms with Gasteiger partial charge in [-0.1, -0.05) is 19.9 Å². The number of aromatic nitrogens is 1. The van der Waals surface area contributed by atoms with Crippen molar-refractivity contribution in [3.63, 3.8) is 0 Å². The summed E-state index contributed by atoms with van der Waals surface area (Å²) in [6, 6.07) is 5.33. The van der Waals surface area contributed by atoms with E-state index in [-0.39, 0.29) is 12.5 Å². The number of carbonyl (C=O) groups excluding carboxylic acids is 1. The smallest absolute Gasteiger partial charge is 0.220 e. The molecule has 2 heterocycles. The number of nitrogens with one attached hydrogen (secondary N) is 1. The predicted molar refractivity (Wildman–Crippen MR) is 86.8 cm³/mol. The summed E-state index contributed by atoms with van der Waals surface area (Å²) in [5, 5.41) is 12.3. The van der Waals surface area contributed by atoms with Crippen molar-refractivity contribution in [3.8, 4) is 0 Å². The van der Waals surface area contributed by atoms with Crippen molar-refractivity contribution in [3.05, 3.63) is 23.9 Å². The van der Waals surface area contributed by atoms with E-state index >= 15 is 0 Å². The third-order valence-corrected chi connectivity index (χ3v) is 4.10. The summed E-state index contributed by atoms with van der Waals surface area (Å²) in [7, 11) is 0. The van der Waals surface area contributed by atoms with Crippen molar-refractivity contribution in [2.45, 2.75) is 26.3 Å². The molecule has 0 aromatic carbocycles. The highest BCUT2D eigenvalue weighted by Crippen LogP contribution is 2.18. The number of rotatable bonds is 6. The third-order valence-electron chi connectivity index (χ3n) is 4.10. The summed E-state index contributed by atoms with van der Waals surface area (Å²) in [6.45, 7) is 8.89. The fraction of sp³-hybridized carbons (Fsp3) is 0.625. The summed E-state index contributed by atoms with van der Waals surface area (Å²) in [6.07, 6.45) is 0.398. The monoisotopic (exact) mass is 306 g/mol. The number of likely N-dealkylation sites (N-methyl/N-ethyl adjacent to an activating group) is 1. The number of hydrogen-bond acceptors (Lipinski definition) is 5. The molecule has 1 fully saturated rings. The van der Waals surface area contributed by atoms with E-state index in [1.807, 2.05) is 18.2 Å². The highest BCUT2D eigenvalue weighted by atomic mass is 16.3. The molecular weight excluding hydrogens is 280 g/mol. The van der Waals surface area contributed by atoms with Gasteiger partial charge >= 0.3 is 0 Å². The number of anilines is 1. The number of amides is 1. The topological polar surface area (TPSA) is 68.7 Å². The molecule has 22 heavy (non-hydrogen) atoms. The Morgan fingerprint density at radius 1 is 1.32 bits per heavy atom. The SMILES string of the molecule is CCC(=O)N[C@H](CO)c1cccc(N2CCN(CC)CC2)n1. The summed E-state index contributed by atoms with van der Waals surface area (Å²) < 4.78 is 0. The van der Waals surface area contributed by atoms with Crippen LogP contribution in [-0.2, 0) is 4.79 Å². The number of hydrogen-bond donors (Lipinski definition) is 2. The molecule has 0 spiro atoms. The van der Waals surface area contributed by atoms with Crippen molar-refractivity contribution in [2.75, 3.05) is 44.2 Å². The Labute approximate surface area is 132 Å². The standard InChI is InChI=1S/C16H26N4O2/c1-3-16(22)18-14(12-21)13-6-5-7-15(17-13)20-10-8-19(4-2)9-11-20/h5-7,14,21H,3-4,8-12H2,1-2H3,(H,18,22)/t14-/m1/s1. The molecule has 6 nitrogen and oxygen atoms in total. The van der Waals surface area contributed by atoms with E-state index in [0.717, 1.165) is 38.5 Å². The Morgan fingerprint density at radius 3 is 2.64 bits per heavy atom. The molecule has 1 aliphatic rings. The normalized spacial score (nSPS) is 17.3. The maximum atomic E-state index is 11.5. The zero-order valence-electron chi connectivity index (χ0n) is 13.5.